The van der Waals surface area contributed by atoms with E-state index in [1.54, 1.807) is 9.13 Å². The van der Waals surface area contributed by atoms with E-state index in [4.69, 9.17) is 6.57 Å². The molecular formula is C43H29F6N3. The summed E-state index contributed by atoms with van der Waals surface area (Å²) in [7, 11) is 0. The number of aryl methyl sites for hydroxylation is 4. The molecule has 0 aliphatic heterocycles. The van der Waals surface area contributed by atoms with Crippen molar-refractivity contribution in [1.29, 1.82) is 0 Å². The molecule has 6 aromatic carbocycles. The Balaban J connectivity index is 1.62. The summed E-state index contributed by atoms with van der Waals surface area (Å²) in [6, 6.07) is 27.9. The van der Waals surface area contributed by atoms with Gasteiger partial charge in [0.05, 0.1) is 45.6 Å². The van der Waals surface area contributed by atoms with Crippen LogP contribution in [0, 0.1) is 34.3 Å². The fraction of sp³-hybridized carbons (Fsp3) is 0.140. The number of nitrogens with zero attached hydrogens (tertiary/aromatic N) is 3. The van der Waals surface area contributed by atoms with Crippen molar-refractivity contribution in [1.82, 2.24) is 9.13 Å². The van der Waals surface area contributed by atoms with Crippen molar-refractivity contribution in [3.63, 3.8) is 0 Å². The van der Waals surface area contributed by atoms with Crippen molar-refractivity contribution in [2.45, 2.75) is 40.0 Å². The predicted octanol–water partition coefficient (Wildman–Crippen LogP) is 13.4. The van der Waals surface area contributed by atoms with Gasteiger partial charge < -0.3 is 9.13 Å². The van der Waals surface area contributed by atoms with Crippen LogP contribution in [-0.4, -0.2) is 9.13 Å². The zero-order chi connectivity index (χ0) is 36.9. The van der Waals surface area contributed by atoms with E-state index in [-0.39, 0.29) is 28.2 Å². The van der Waals surface area contributed by atoms with E-state index in [2.05, 4.69) is 4.85 Å². The Morgan fingerprint density at radius 3 is 1.31 bits per heavy atom. The molecule has 2 aromatic heterocycles. The number of aromatic nitrogens is 2. The second kappa shape index (κ2) is 11.5. The maximum atomic E-state index is 15.8. The van der Waals surface area contributed by atoms with Gasteiger partial charge in [0.1, 0.15) is 0 Å². The molecule has 0 amide bonds. The Morgan fingerprint density at radius 2 is 0.904 bits per heavy atom. The van der Waals surface area contributed by atoms with E-state index in [1.165, 1.54) is 12.1 Å². The normalized spacial score (nSPS) is 12.4. The molecule has 0 N–H and O–H groups in total. The maximum Gasteiger partial charge on any atom is 0.418 e. The SMILES string of the molecule is [C-]#[N+]c1cc(-c2cc(-n3c4ccc(C)cc4c4cc(C)ccc43)c(-n3c4ccc(C)cc4c4cc(C)ccc43)c(C(F)(F)F)c2)cc(C(F)(F)F)c1. The first-order valence-electron chi connectivity index (χ1n) is 16.5. The number of hydrogen-bond donors (Lipinski definition) is 0. The molecule has 0 fully saturated rings. The fourth-order valence-electron chi connectivity index (χ4n) is 7.42. The summed E-state index contributed by atoms with van der Waals surface area (Å²) in [4.78, 5) is 3.23. The Morgan fingerprint density at radius 1 is 0.481 bits per heavy atom. The molecule has 258 valence electrons. The lowest BCUT2D eigenvalue weighted by Crippen LogP contribution is -2.15. The minimum Gasteiger partial charge on any atom is -0.307 e. The molecule has 8 aromatic rings. The second-order valence-corrected chi connectivity index (χ2v) is 13.5. The van der Waals surface area contributed by atoms with Gasteiger partial charge >= 0.3 is 12.4 Å². The van der Waals surface area contributed by atoms with Crippen molar-refractivity contribution in [3.8, 4) is 22.5 Å². The summed E-state index contributed by atoms with van der Waals surface area (Å²) in [5, 5.41) is 3.20. The molecule has 0 saturated heterocycles. The number of alkyl halides is 6. The van der Waals surface area contributed by atoms with E-state index >= 15 is 13.2 Å². The highest BCUT2D eigenvalue weighted by Crippen LogP contribution is 2.47. The highest BCUT2D eigenvalue weighted by Gasteiger charge is 2.38. The van der Waals surface area contributed by atoms with Crippen LogP contribution in [0.3, 0.4) is 0 Å². The third-order valence-electron chi connectivity index (χ3n) is 9.72. The predicted molar refractivity (Wildman–Crippen MR) is 196 cm³/mol. The van der Waals surface area contributed by atoms with Gasteiger partial charge in [-0.2, -0.15) is 26.3 Å². The molecule has 3 nitrogen and oxygen atoms in total. The molecule has 0 atom stereocenters. The van der Waals surface area contributed by atoms with Crippen LogP contribution in [0.2, 0.25) is 0 Å². The van der Waals surface area contributed by atoms with E-state index in [9.17, 15) is 13.2 Å². The van der Waals surface area contributed by atoms with E-state index in [1.807, 2.05) is 100 Å². The van der Waals surface area contributed by atoms with Crippen LogP contribution < -0.4 is 0 Å². The summed E-state index contributed by atoms with van der Waals surface area (Å²) in [6.45, 7) is 15.2. The second-order valence-electron chi connectivity index (χ2n) is 13.5. The van der Waals surface area contributed by atoms with Gasteiger partial charge in [-0.05, 0) is 118 Å². The molecule has 0 radical (unpaired) electrons. The van der Waals surface area contributed by atoms with Gasteiger partial charge in [-0.25, -0.2) is 4.85 Å². The first kappa shape index (κ1) is 33.2. The number of fused-ring (bicyclic) bond motifs is 6. The average Bonchev–Trinajstić information content (AvgIpc) is 3.57. The fourth-order valence-corrected chi connectivity index (χ4v) is 7.42. The van der Waals surface area contributed by atoms with Crippen LogP contribution in [-0.2, 0) is 12.4 Å². The van der Waals surface area contributed by atoms with Gasteiger partial charge in [0.25, 0.3) is 0 Å². The van der Waals surface area contributed by atoms with Crippen LogP contribution in [0.5, 0.6) is 0 Å². The van der Waals surface area contributed by atoms with Crippen LogP contribution in [0.25, 0.3) is 71.0 Å². The Hall–Kier alpha value is -6.01. The molecule has 52 heavy (non-hydrogen) atoms. The van der Waals surface area contributed by atoms with Gasteiger partial charge in [-0.1, -0.05) is 46.5 Å². The van der Waals surface area contributed by atoms with Crippen LogP contribution in [0.1, 0.15) is 33.4 Å². The first-order valence-corrected chi connectivity index (χ1v) is 16.5. The Bertz CT molecular complexity index is 2710. The lowest BCUT2D eigenvalue weighted by atomic mass is 9.97. The molecule has 9 heteroatoms. The zero-order valence-electron chi connectivity index (χ0n) is 28.4. The molecule has 0 saturated carbocycles. The first-order chi connectivity index (χ1) is 24.6. The van der Waals surface area contributed by atoms with Crippen LogP contribution in [0.15, 0.2) is 103 Å². The smallest absolute Gasteiger partial charge is 0.307 e. The van der Waals surface area contributed by atoms with Gasteiger partial charge in [-0.15, -0.1) is 0 Å². The lowest BCUT2D eigenvalue weighted by molar-refractivity contribution is -0.138. The largest absolute Gasteiger partial charge is 0.418 e. The van der Waals surface area contributed by atoms with Gasteiger partial charge in [0.2, 0.25) is 0 Å². The Labute approximate surface area is 294 Å². The molecule has 0 aliphatic rings. The highest BCUT2D eigenvalue weighted by atomic mass is 19.4. The van der Waals surface area contributed by atoms with Gasteiger partial charge in [0.15, 0.2) is 5.69 Å². The minimum absolute atomic E-state index is 0.108. The topological polar surface area (TPSA) is 14.2 Å². The molecule has 0 unspecified atom stereocenters. The lowest BCUT2D eigenvalue weighted by Gasteiger charge is -2.23. The summed E-state index contributed by atoms with van der Waals surface area (Å²) >= 11 is 0. The van der Waals surface area contributed by atoms with Crippen molar-refractivity contribution >= 4 is 49.3 Å². The third-order valence-corrected chi connectivity index (χ3v) is 9.72. The minimum atomic E-state index is -4.95. The molecule has 2 heterocycles. The quantitative estimate of drug-likeness (QED) is 0.129. The molecule has 8 rings (SSSR count). The van der Waals surface area contributed by atoms with Gasteiger partial charge in [0, 0.05) is 27.1 Å². The number of benzene rings is 6. The van der Waals surface area contributed by atoms with Crippen molar-refractivity contribution in [3.05, 3.63) is 148 Å². The third kappa shape index (κ3) is 5.29. The number of hydrogen-bond acceptors (Lipinski definition) is 0. The van der Waals surface area contributed by atoms with Crippen molar-refractivity contribution < 1.29 is 26.3 Å². The van der Waals surface area contributed by atoms with Crippen molar-refractivity contribution in [2.75, 3.05) is 0 Å². The highest BCUT2D eigenvalue weighted by molar-refractivity contribution is 6.12. The maximum absolute atomic E-state index is 15.8. The summed E-state index contributed by atoms with van der Waals surface area (Å²) in [6.07, 6.45) is -9.78. The number of halogens is 6. The van der Waals surface area contributed by atoms with Crippen LogP contribution >= 0.6 is 0 Å². The summed E-state index contributed by atoms with van der Waals surface area (Å²) in [5.41, 5.74) is 3.38. The molecule has 0 spiro atoms. The van der Waals surface area contributed by atoms with E-state index in [0.717, 1.165) is 55.9 Å². The molecule has 0 aliphatic carbocycles. The van der Waals surface area contributed by atoms with E-state index < -0.39 is 23.5 Å². The summed E-state index contributed by atoms with van der Waals surface area (Å²) in [5.74, 6) is 0. The van der Waals surface area contributed by atoms with E-state index in [0.29, 0.717) is 28.1 Å². The molecule has 0 bridgehead atoms. The van der Waals surface area contributed by atoms with Crippen molar-refractivity contribution in [2.24, 2.45) is 0 Å². The Kier molecular flexibility index (Phi) is 7.33. The zero-order valence-corrected chi connectivity index (χ0v) is 28.4. The van der Waals surface area contributed by atoms with Gasteiger partial charge in [-0.3, -0.25) is 0 Å². The number of rotatable bonds is 3. The van der Waals surface area contributed by atoms with Crippen LogP contribution in [0.4, 0.5) is 32.0 Å². The molecular weight excluding hydrogens is 672 g/mol. The summed E-state index contributed by atoms with van der Waals surface area (Å²) < 4.78 is 93.0. The average molecular weight is 702 g/mol. The standard InChI is InChI=1S/C43H29F6N3/c1-23-6-10-36-31(14-23)32-15-24(2)7-11-37(32)51(36)40-21-28(27-18-29(42(44,45)46)22-30(19-27)50-5)20-35(43(47,48)49)41(40)52-38-12-8-25(3)16-33(38)34-17-26(4)9-13-39(34)52/h6-22H,1-4H3. The monoisotopic (exact) mass is 701 g/mol.